The quantitative estimate of drug-likeness (QED) is 0.350. The Morgan fingerprint density at radius 2 is 1.84 bits per heavy atom. The maximum absolute atomic E-state index is 11.1. The van der Waals surface area contributed by atoms with Crippen molar-refractivity contribution in [3.8, 4) is 0 Å². The predicted molar refractivity (Wildman–Crippen MR) is 72.1 cm³/mol. The summed E-state index contributed by atoms with van der Waals surface area (Å²) in [5.41, 5.74) is 0. The van der Waals surface area contributed by atoms with Crippen LogP contribution in [0.5, 0.6) is 0 Å². The van der Waals surface area contributed by atoms with Crippen molar-refractivity contribution in [3.05, 3.63) is 12.7 Å². The molecule has 1 rings (SSSR count). The summed E-state index contributed by atoms with van der Waals surface area (Å²) in [6.45, 7) is 8.75. The summed E-state index contributed by atoms with van der Waals surface area (Å²) in [6.07, 6.45) is 1.85. The van der Waals surface area contributed by atoms with Gasteiger partial charge in [0.2, 0.25) is 5.91 Å². The van der Waals surface area contributed by atoms with Gasteiger partial charge in [-0.25, -0.2) is 0 Å². The Hall–Kier alpha value is 0.0800. The predicted octanol–water partition coefficient (Wildman–Crippen LogP) is -2.65. The molecule has 0 saturated carbocycles. The first-order valence-corrected chi connectivity index (χ1v) is 7.46. The van der Waals surface area contributed by atoms with Crippen LogP contribution < -0.4 is 29.6 Å². The van der Waals surface area contributed by atoms with E-state index in [1.165, 1.54) is 6.08 Å². The molecule has 1 aliphatic rings. The first-order chi connectivity index (χ1) is 8.30. The van der Waals surface area contributed by atoms with Crippen LogP contribution in [0.2, 0.25) is 0 Å². The Labute approximate surface area is 139 Å². The number of likely N-dealkylation sites (N-methyl/N-ethyl adjacent to an activating group) is 1. The molecule has 0 aliphatic carbocycles. The zero-order chi connectivity index (χ0) is 14.2. The third kappa shape index (κ3) is 11.6. The number of rotatable bonds is 3. The second kappa shape index (κ2) is 10.8. The van der Waals surface area contributed by atoms with Crippen LogP contribution in [0.4, 0.5) is 0 Å². The third-order valence-electron chi connectivity index (χ3n) is 2.45. The molecule has 8 heteroatoms. The summed E-state index contributed by atoms with van der Waals surface area (Å²) < 4.78 is 27.6. The van der Waals surface area contributed by atoms with Crippen molar-refractivity contribution in [1.29, 1.82) is 0 Å². The molecule has 1 heterocycles. The SMILES string of the molecule is C=CC(=O)N1CCN(C)CC1.CCCS(=O)(=O)O.[H-].[Na+]. The summed E-state index contributed by atoms with van der Waals surface area (Å²) in [5.74, 6) is -0.0781. The van der Waals surface area contributed by atoms with Gasteiger partial charge >= 0.3 is 29.6 Å². The molecule has 1 amide bonds. The molecule has 19 heavy (non-hydrogen) atoms. The van der Waals surface area contributed by atoms with E-state index in [2.05, 4.69) is 18.5 Å². The molecule has 0 aromatic rings. The smallest absolute Gasteiger partial charge is 1.00 e. The second-order valence-electron chi connectivity index (χ2n) is 4.12. The Balaban J connectivity index is -0.000000286. The van der Waals surface area contributed by atoms with Crippen molar-refractivity contribution in [2.45, 2.75) is 13.3 Å². The van der Waals surface area contributed by atoms with E-state index in [-0.39, 0.29) is 42.6 Å². The number of hydrogen-bond donors (Lipinski definition) is 1. The normalized spacial score (nSPS) is 15.8. The van der Waals surface area contributed by atoms with Crippen LogP contribution >= 0.6 is 0 Å². The topological polar surface area (TPSA) is 77.9 Å². The largest absolute Gasteiger partial charge is 1.00 e. The molecule has 1 N–H and O–H groups in total. The fourth-order valence-corrected chi connectivity index (χ4v) is 1.93. The van der Waals surface area contributed by atoms with E-state index in [4.69, 9.17) is 4.55 Å². The molecule has 0 bridgehead atoms. The molecule has 1 aliphatic heterocycles. The minimum Gasteiger partial charge on any atom is -1.00 e. The van der Waals surface area contributed by atoms with Crippen LogP contribution in [0.25, 0.3) is 0 Å². The van der Waals surface area contributed by atoms with Gasteiger partial charge in [-0.15, -0.1) is 0 Å². The van der Waals surface area contributed by atoms with E-state index < -0.39 is 10.1 Å². The van der Waals surface area contributed by atoms with E-state index in [9.17, 15) is 13.2 Å². The zero-order valence-electron chi connectivity index (χ0n) is 13.0. The van der Waals surface area contributed by atoms with Crippen molar-refractivity contribution in [3.63, 3.8) is 0 Å². The number of carbonyl (C=O) groups excluding carboxylic acids is 1. The fraction of sp³-hybridized carbons (Fsp3) is 0.727. The zero-order valence-corrected chi connectivity index (χ0v) is 14.8. The molecule has 0 aromatic carbocycles. The second-order valence-corrected chi connectivity index (χ2v) is 5.69. The van der Waals surface area contributed by atoms with Gasteiger partial charge in [0, 0.05) is 26.2 Å². The van der Waals surface area contributed by atoms with Gasteiger partial charge in [-0.2, -0.15) is 8.42 Å². The number of amides is 1. The molecule has 0 atom stereocenters. The van der Waals surface area contributed by atoms with Crippen molar-refractivity contribution < 1.29 is 48.7 Å². The van der Waals surface area contributed by atoms with Crippen LogP contribution in [0, 0.1) is 0 Å². The van der Waals surface area contributed by atoms with E-state index in [0.29, 0.717) is 6.42 Å². The van der Waals surface area contributed by atoms with Crippen LogP contribution in [-0.2, 0) is 14.9 Å². The van der Waals surface area contributed by atoms with Gasteiger partial charge in [0.05, 0.1) is 5.75 Å². The summed E-state index contributed by atoms with van der Waals surface area (Å²) in [4.78, 5) is 15.1. The molecule has 1 fully saturated rings. The molecule has 0 aromatic heterocycles. The molecule has 0 spiro atoms. The van der Waals surface area contributed by atoms with Crippen LogP contribution in [-0.4, -0.2) is 67.7 Å². The average Bonchev–Trinajstić information content (AvgIpc) is 2.28. The fourth-order valence-electron chi connectivity index (χ4n) is 1.41. The minimum atomic E-state index is -3.67. The molecule has 6 nitrogen and oxygen atoms in total. The first kappa shape index (κ1) is 21.4. The van der Waals surface area contributed by atoms with Crippen molar-refractivity contribution in [2.75, 3.05) is 39.0 Å². The third-order valence-corrected chi connectivity index (χ3v) is 3.38. The van der Waals surface area contributed by atoms with Gasteiger partial charge in [0.15, 0.2) is 0 Å². The van der Waals surface area contributed by atoms with Crippen molar-refractivity contribution >= 4 is 16.0 Å². The van der Waals surface area contributed by atoms with E-state index >= 15 is 0 Å². The Bertz CT molecular complexity index is 371. The van der Waals surface area contributed by atoms with Gasteiger partial charge in [-0.1, -0.05) is 13.5 Å². The summed E-state index contributed by atoms with van der Waals surface area (Å²) in [7, 11) is -1.61. The van der Waals surface area contributed by atoms with Gasteiger partial charge < -0.3 is 11.2 Å². The average molecular weight is 302 g/mol. The number of nitrogens with zero attached hydrogens (tertiary/aromatic N) is 2. The van der Waals surface area contributed by atoms with Crippen LogP contribution in [0.3, 0.4) is 0 Å². The van der Waals surface area contributed by atoms with Gasteiger partial charge in [0.1, 0.15) is 0 Å². The van der Waals surface area contributed by atoms with Crippen LogP contribution in [0.15, 0.2) is 12.7 Å². The summed E-state index contributed by atoms with van der Waals surface area (Å²) in [6, 6.07) is 0. The molecular weight excluding hydrogens is 279 g/mol. The molecule has 0 unspecified atom stereocenters. The van der Waals surface area contributed by atoms with Gasteiger partial charge in [0.25, 0.3) is 10.1 Å². The van der Waals surface area contributed by atoms with E-state index in [1.807, 2.05) is 4.90 Å². The Morgan fingerprint density at radius 1 is 1.37 bits per heavy atom. The standard InChI is InChI=1S/C8H14N2O.C3H8O3S.Na.H/c1-3-8(11)10-6-4-9(2)5-7-10;1-2-3-7(4,5)6;;/h3H,1,4-7H2,2H3;2-3H2,1H3,(H,4,5,6);;/q;;+1;-1. The summed E-state index contributed by atoms with van der Waals surface area (Å²) >= 11 is 0. The molecule has 0 radical (unpaired) electrons. The van der Waals surface area contributed by atoms with Gasteiger partial charge in [-0.3, -0.25) is 9.35 Å². The maximum Gasteiger partial charge on any atom is 1.00 e. The Kier molecular flexibility index (Phi) is 12.2. The molecule has 1 saturated heterocycles. The van der Waals surface area contributed by atoms with Crippen molar-refractivity contribution in [2.24, 2.45) is 0 Å². The first-order valence-electron chi connectivity index (χ1n) is 5.85. The number of piperazine rings is 1. The van der Waals surface area contributed by atoms with Crippen molar-refractivity contribution in [1.82, 2.24) is 9.80 Å². The minimum absolute atomic E-state index is 0. The summed E-state index contributed by atoms with van der Waals surface area (Å²) in [5, 5.41) is 0. The molecular formula is C11H23N2NaO4S. The Morgan fingerprint density at radius 3 is 2.11 bits per heavy atom. The molecule has 108 valence electrons. The van der Waals surface area contributed by atoms with E-state index in [1.54, 1.807) is 6.92 Å². The van der Waals surface area contributed by atoms with Gasteiger partial charge in [-0.05, 0) is 19.5 Å². The monoisotopic (exact) mass is 302 g/mol. The number of hydrogen-bond acceptors (Lipinski definition) is 4. The number of carbonyl (C=O) groups is 1. The maximum atomic E-state index is 11.1. The van der Waals surface area contributed by atoms with E-state index in [0.717, 1.165) is 26.2 Å². The van der Waals surface area contributed by atoms with Crippen LogP contribution in [0.1, 0.15) is 14.8 Å².